The molecule has 0 bridgehead atoms. The van der Waals surface area contributed by atoms with Crippen molar-refractivity contribution in [3.8, 4) is 0 Å². The Morgan fingerprint density at radius 2 is 0.657 bits per heavy atom. The normalized spacial score (nSPS) is 13.3. The average Bonchev–Trinajstić information content (AvgIpc) is 3.33. The molecule has 0 saturated carbocycles. The minimum absolute atomic E-state index is 0.0545. The van der Waals surface area contributed by atoms with Crippen LogP contribution in [0.1, 0.15) is 303 Å². The van der Waals surface area contributed by atoms with E-state index in [9.17, 15) is 15.0 Å². The Morgan fingerprint density at radius 1 is 0.373 bits per heavy atom. The van der Waals surface area contributed by atoms with Gasteiger partial charge in [-0.25, -0.2) is 0 Å². The highest BCUT2D eigenvalue weighted by molar-refractivity contribution is 5.76. The van der Waals surface area contributed by atoms with Crippen molar-refractivity contribution >= 4 is 5.91 Å². The standard InChI is InChI=1S/C63H115NO3/c1-3-5-7-9-11-13-15-17-19-21-23-25-27-28-29-30-31-32-33-34-35-37-38-40-42-44-46-48-50-52-54-56-58-62(66)61(60-65)64-63(67)59-57-55-53-51-49-47-45-43-41-39-36-26-24-22-20-18-16-14-12-10-8-6-4-2/h6,8,12,14,18,20,24,26,39,41,45,47,61-62,65-66H,3-5,7,9-11,13,15-17,19,21-23,25,27-38,40,42-44,46,48-60H2,1-2H3,(H,64,67)/b8-6-,14-12-,20-18-,26-24-,41-39-,47-45-. The quantitative estimate of drug-likeness (QED) is 0.0420. The third-order valence-corrected chi connectivity index (χ3v) is 13.5. The molecule has 0 heterocycles. The van der Waals surface area contributed by atoms with Crippen LogP contribution in [0.5, 0.6) is 0 Å². The van der Waals surface area contributed by atoms with Gasteiger partial charge in [-0.3, -0.25) is 4.79 Å². The third kappa shape index (κ3) is 54.6. The van der Waals surface area contributed by atoms with Crippen LogP contribution in [0.4, 0.5) is 0 Å². The van der Waals surface area contributed by atoms with Gasteiger partial charge in [0.05, 0.1) is 18.8 Å². The molecule has 0 aliphatic rings. The van der Waals surface area contributed by atoms with E-state index in [0.717, 1.165) is 83.5 Å². The fraction of sp³-hybridized carbons (Fsp3) is 0.794. The van der Waals surface area contributed by atoms with E-state index in [-0.39, 0.29) is 12.5 Å². The molecule has 4 nitrogen and oxygen atoms in total. The van der Waals surface area contributed by atoms with Gasteiger partial charge in [-0.1, -0.05) is 305 Å². The summed E-state index contributed by atoms with van der Waals surface area (Å²) in [5, 5.41) is 23.4. The van der Waals surface area contributed by atoms with Crippen LogP contribution in [0.2, 0.25) is 0 Å². The fourth-order valence-electron chi connectivity index (χ4n) is 9.01. The second-order valence-corrected chi connectivity index (χ2v) is 20.0. The van der Waals surface area contributed by atoms with Crippen LogP contribution in [0.3, 0.4) is 0 Å². The van der Waals surface area contributed by atoms with Gasteiger partial charge in [0.2, 0.25) is 5.91 Å². The maximum atomic E-state index is 12.5. The number of allylic oxidation sites excluding steroid dienone is 12. The van der Waals surface area contributed by atoms with Crippen LogP contribution in [0.15, 0.2) is 72.9 Å². The summed E-state index contributed by atoms with van der Waals surface area (Å²) >= 11 is 0. The summed E-state index contributed by atoms with van der Waals surface area (Å²) in [6.45, 7) is 4.26. The molecule has 390 valence electrons. The monoisotopic (exact) mass is 934 g/mol. The Hall–Kier alpha value is -2.17. The number of hydrogen-bond donors (Lipinski definition) is 3. The Kier molecular flexibility index (Phi) is 56.3. The maximum Gasteiger partial charge on any atom is 0.220 e. The smallest absolute Gasteiger partial charge is 0.220 e. The minimum Gasteiger partial charge on any atom is -0.394 e. The molecule has 0 saturated heterocycles. The molecule has 0 aromatic heterocycles. The first-order chi connectivity index (χ1) is 33.2. The second kappa shape index (κ2) is 58.1. The molecule has 4 heteroatoms. The van der Waals surface area contributed by atoms with Crippen LogP contribution >= 0.6 is 0 Å². The zero-order valence-electron chi connectivity index (χ0n) is 44.9. The molecule has 0 aromatic rings. The molecule has 0 aliphatic carbocycles. The molecular formula is C63H115NO3. The summed E-state index contributed by atoms with van der Waals surface area (Å²) in [4.78, 5) is 12.5. The Morgan fingerprint density at radius 3 is 0.985 bits per heavy atom. The van der Waals surface area contributed by atoms with Crippen molar-refractivity contribution in [1.82, 2.24) is 5.32 Å². The molecule has 0 aliphatic heterocycles. The van der Waals surface area contributed by atoms with Crippen molar-refractivity contribution in [2.45, 2.75) is 315 Å². The SMILES string of the molecule is CC/C=C\C/C=C\C/C=C\C/C=C\C/C=C\C/C=C\CCCCCCC(=O)NC(CO)C(O)CCCCCCCCCCCCCCCCCCCCCCCCCCCCCCCCCC. The van der Waals surface area contributed by atoms with Crippen molar-refractivity contribution in [2.24, 2.45) is 0 Å². The van der Waals surface area contributed by atoms with Gasteiger partial charge in [-0.2, -0.15) is 0 Å². The number of rotatable bonds is 54. The zero-order valence-corrected chi connectivity index (χ0v) is 44.9. The highest BCUT2D eigenvalue weighted by Gasteiger charge is 2.20. The first kappa shape index (κ1) is 64.8. The van der Waals surface area contributed by atoms with Gasteiger partial charge in [0.1, 0.15) is 0 Å². The minimum atomic E-state index is -0.677. The molecule has 1 amide bonds. The van der Waals surface area contributed by atoms with Crippen LogP contribution in [0.25, 0.3) is 0 Å². The van der Waals surface area contributed by atoms with E-state index < -0.39 is 12.1 Å². The molecule has 0 fully saturated rings. The summed E-state index contributed by atoms with van der Waals surface area (Å²) in [7, 11) is 0. The van der Waals surface area contributed by atoms with Crippen LogP contribution in [-0.4, -0.2) is 34.9 Å². The van der Waals surface area contributed by atoms with Crippen molar-refractivity contribution in [3.05, 3.63) is 72.9 Å². The van der Waals surface area contributed by atoms with E-state index in [1.54, 1.807) is 0 Å². The van der Waals surface area contributed by atoms with Gasteiger partial charge < -0.3 is 15.5 Å². The summed E-state index contributed by atoms with van der Waals surface area (Å²) < 4.78 is 0. The number of hydrogen-bond acceptors (Lipinski definition) is 3. The third-order valence-electron chi connectivity index (χ3n) is 13.5. The Balaban J connectivity index is 3.48. The maximum absolute atomic E-state index is 12.5. The number of aliphatic hydroxyl groups excluding tert-OH is 2. The van der Waals surface area contributed by atoms with Gasteiger partial charge in [-0.05, 0) is 64.2 Å². The van der Waals surface area contributed by atoms with Crippen molar-refractivity contribution < 1.29 is 15.0 Å². The molecule has 0 aromatic carbocycles. The van der Waals surface area contributed by atoms with E-state index in [4.69, 9.17) is 0 Å². The van der Waals surface area contributed by atoms with E-state index >= 15 is 0 Å². The fourth-order valence-corrected chi connectivity index (χ4v) is 9.01. The lowest BCUT2D eigenvalue weighted by Gasteiger charge is -2.22. The lowest BCUT2D eigenvalue weighted by atomic mass is 10.0. The highest BCUT2D eigenvalue weighted by Crippen LogP contribution is 2.18. The van der Waals surface area contributed by atoms with Gasteiger partial charge in [0, 0.05) is 6.42 Å². The predicted molar refractivity (Wildman–Crippen MR) is 299 cm³/mol. The zero-order chi connectivity index (χ0) is 48.5. The summed E-state index contributed by atoms with van der Waals surface area (Å²) in [6, 6.07) is -0.556. The molecule has 2 unspecified atom stereocenters. The van der Waals surface area contributed by atoms with E-state index in [0.29, 0.717) is 12.8 Å². The highest BCUT2D eigenvalue weighted by atomic mass is 16.3. The Bertz CT molecular complexity index is 1150. The predicted octanol–water partition coefficient (Wildman–Crippen LogP) is 19.8. The van der Waals surface area contributed by atoms with E-state index in [2.05, 4.69) is 92.1 Å². The van der Waals surface area contributed by atoms with Crippen molar-refractivity contribution in [3.63, 3.8) is 0 Å². The largest absolute Gasteiger partial charge is 0.394 e. The molecule has 67 heavy (non-hydrogen) atoms. The second-order valence-electron chi connectivity index (χ2n) is 20.0. The van der Waals surface area contributed by atoms with Gasteiger partial charge in [-0.15, -0.1) is 0 Å². The number of amides is 1. The van der Waals surface area contributed by atoms with Gasteiger partial charge in [0.15, 0.2) is 0 Å². The molecule has 0 spiro atoms. The number of carbonyl (C=O) groups excluding carboxylic acids is 1. The molecule has 0 radical (unpaired) electrons. The number of nitrogens with one attached hydrogen (secondary N) is 1. The van der Waals surface area contributed by atoms with Crippen molar-refractivity contribution in [2.75, 3.05) is 6.61 Å². The number of unbranched alkanes of at least 4 members (excludes halogenated alkanes) is 35. The van der Waals surface area contributed by atoms with E-state index in [1.165, 1.54) is 193 Å². The Labute approximate surface area is 419 Å². The first-order valence-corrected chi connectivity index (χ1v) is 29.6. The molecule has 3 N–H and O–H groups in total. The summed E-state index contributed by atoms with van der Waals surface area (Å²) in [6.07, 6.45) is 83.3. The molecular weight excluding hydrogens is 819 g/mol. The average molecular weight is 935 g/mol. The molecule has 0 rings (SSSR count). The number of aliphatic hydroxyl groups is 2. The topological polar surface area (TPSA) is 69.6 Å². The summed E-state index contributed by atoms with van der Waals surface area (Å²) in [5.74, 6) is -0.0545. The van der Waals surface area contributed by atoms with Crippen LogP contribution in [-0.2, 0) is 4.79 Å². The first-order valence-electron chi connectivity index (χ1n) is 29.6. The van der Waals surface area contributed by atoms with Crippen molar-refractivity contribution in [1.29, 1.82) is 0 Å². The number of carbonyl (C=O) groups is 1. The van der Waals surface area contributed by atoms with Gasteiger partial charge >= 0.3 is 0 Å². The molecule has 2 atom stereocenters. The lowest BCUT2D eigenvalue weighted by molar-refractivity contribution is -0.123. The van der Waals surface area contributed by atoms with Crippen LogP contribution < -0.4 is 5.32 Å². The van der Waals surface area contributed by atoms with Gasteiger partial charge in [0.25, 0.3) is 0 Å². The lowest BCUT2D eigenvalue weighted by Crippen LogP contribution is -2.45. The van der Waals surface area contributed by atoms with E-state index in [1.807, 2.05) is 0 Å². The summed E-state index contributed by atoms with van der Waals surface area (Å²) in [5.41, 5.74) is 0. The van der Waals surface area contributed by atoms with Crippen LogP contribution in [0, 0.1) is 0 Å².